The van der Waals surface area contributed by atoms with Crippen molar-refractivity contribution in [3.63, 3.8) is 0 Å². The van der Waals surface area contributed by atoms with E-state index in [2.05, 4.69) is 37.2 Å². The summed E-state index contributed by atoms with van der Waals surface area (Å²) in [5.41, 5.74) is 1.51. The van der Waals surface area contributed by atoms with Crippen molar-refractivity contribution in [1.82, 2.24) is 10.2 Å². The van der Waals surface area contributed by atoms with Crippen LogP contribution in [-0.2, 0) is 13.1 Å². The summed E-state index contributed by atoms with van der Waals surface area (Å²) in [6, 6.07) is 3.20. The maximum Gasteiger partial charge on any atom is 0.0302 e. The normalized spacial score (nSPS) is 15.8. The molecule has 0 saturated heterocycles. The first-order valence-corrected chi connectivity index (χ1v) is 7.50. The van der Waals surface area contributed by atoms with E-state index in [1.807, 2.05) is 11.3 Å². The topological polar surface area (TPSA) is 15.3 Å². The van der Waals surface area contributed by atoms with Crippen LogP contribution in [0.25, 0.3) is 0 Å². The monoisotopic (exact) mass is 252 g/mol. The van der Waals surface area contributed by atoms with Crippen molar-refractivity contribution in [3.8, 4) is 0 Å². The first-order valence-electron chi connectivity index (χ1n) is 6.69. The second kappa shape index (κ2) is 5.98. The molecular weight excluding hydrogens is 228 g/mol. The Bertz CT molecular complexity index is 355. The van der Waals surface area contributed by atoms with Gasteiger partial charge in [0.05, 0.1) is 0 Å². The number of nitrogens with one attached hydrogen (secondary N) is 1. The third kappa shape index (κ3) is 4.09. The molecule has 1 saturated carbocycles. The van der Waals surface area contributed by atoms with Crippen LogP contribution in [0.4, 0.5) is 0 Å². The van der Waals surface area contributed by atoms with Crippen molar-refractivity contribution in [1.29, 1.82) is 0 Å². The molecular formula is C14H24N2S. The second-order valence-electron chi connectivity index (χ2n) is 5.19. The van der Waals surface area contributed by atoms with E-state index in [1.165, 1.54) is 41.1 Å². The number of nitrogens with zero attached hydrogens (tertiary/aromatic N) is 1. The van der Waals surface area contributed by atoms with Crippen LogP contribution >= 0.6 is 11.3 Å². The van der Waals surface area contributed by atoms with Crippen LogP contribution in [0.3, 0.4) is 0 Å². The van der Waals surface area contributed by atoms with Crippen LogP contribution in [0, 0.1) is 6.92 Å². The van der Waals surface area contributed by atoms with Gasteiger partial charge in [-0.1, -0.05) is 6.92 Å². The highest BCUT2D eigenvalue weighted by Gasteiger charge is 2.20. The lowest BCUT2D eigenvalue weighted by Crippen LogP contribution is -2.18. The van der Waals surface area contributed by atoms with E-state index in [4.69, 9.17) is 0 Å². The fourth-order valence-corrected chi connectivity index (χ4v) is 3.12. The van der Waals surface area contributed by atoms with E-state index < -0.39 is 0 Å². The summed E-state index contributed by atoms with van der Waals surface area (Å²) in [6.45, 7) is 7.83. The minimum atomic E-state index is 0.809. The summed E-state index contributed by atoms with van der Waals surface area (Å²) >= 11 is 1.96. The van der Waals surface area contributed by atoms with Gasteiger partial charge in [-0.3, -0.25) is 0 Å². The zero-order valence-corrected chi connectivity index (χ0v) is 12.1. The standard InChI is InChI=1S/C14H24N2S/c1-4-7-16(3)10-12-8-14(17-11(12)2)9-15-13-5-6-13/h8,13,15H,4-7,9-10H2,1-3H3. The summed E-state index contributed by atoms with van der Waals surface area (Å²) in [4.78, 5) is 5.39. The molecule has 1 aromatic rings. The van der Waals surface area contributed by atoms with Gasteiger partial charge in [0.2, 0.25) is 0 Å². The van der Waals surface area contributed by atoms with Gasteiger partial charge in [0.25, 0.3) is 0 Å². The number of hydrogen-bond acceptors (Lipinski definition) is 3. The molecule has 0 radical (unpaired) electrons. The Balaban J connectivity index is 1.87. The van der Waals surface area contributed by atoms with E-state index in [0.717, 1.165) is 19.1 Å². The van der Waals surface area contributed by atoms with Crippen molar-refractivity contribution in [3.05, 3.63) is 21.4 Å². The van der Waals surface area contributed by atoms with Crippen LogP contribution in [0.5, 0.6) is 0 Å². The fourth-order valence-electron chi connectivity index (χ4n) is 2.12. The second-order valence-corrected chi connectivity index (χ2v) is 6.53. The molecule has 1 aliphatic rings. The molecule has 0 amide bonds. The Morgan fingerprint density at radius 1 is 1.47 bits per heavy atom. The van der Waals surface area contributed by atoms with Gasteiger partial charge in [-0.2, -0.15) is 0 Å². The molecule has 0 unspecified atom stereocenters. The van der Waals surface area contributed by atoms with Crippen LogP contribution in [0.2, 0.25) is 0 Å². The van der Waals surface area contributed by atoms with Crippen molar-refractivity contribution >= 4 is 11.3 Å². The molecule has 1 aromatic heterocycles. The predicted octanol–water partition coefficient (Wildman–Crippen LogP) is 3.15. The molecule has 2 nitrogen and oxygen atoms in total. The minimum Gasteiger partial charge on any atom is -0.309 e. The van der Waals surface area contributed by atoms with Gasteiger partial charge in [0, 0.05) is 28.9 Å². The zero-order valence-electron chi connectivity index (χ0n) is 11.3. The molecule has 1 N–H and O–H groups in total. The Morgan fingerprint density at radius 2 is 2.24 bits per heavy atom. The van der Waals surface area contributed by atoms with Crippen molar-refractivity contribution in [2.45, 2.75) is 52.2 Å². The largest absolute Gasteiger partial charge is 0.309 e. The molecule has 2 rings (SSSR count). The summed E-state index contributed by atoms with van der Waals surface area (Å²) in [5.74, 6) is 0. The highest BCUT2D eigenvalue weighted by molar-refractivity contribution is 7.12. The lowest BCUT2D eigenvalue weighted by atomic mass is 10.2. The third-order valence-corrected chi connectivity index (χ3v) is 4.35. The lowest BCUT2D eigenvalue weighted by Gasteiger charge is -2.14. The lowest BCUT2D eigenvalue weighted by molar-refractivity contribution is 0.327. The number of thiophene rings is 1. The number of rotatable bonds is 7. The average Bonchev–Trinajstić information content (AvgIpc) is 3.03. The van der Waals surface area contributed by atoms with Crippen molar-refractivity contribution < 1.29 is 0 Å². The molecule has 0 aromatic carbocycles. The van der Waals surface area contributed by atoms with Crippen molar-refractivity contribution in [2.75, 3.05) is 13.6 Å². The molecule has 0 aliphatic heterocycles. The van der Waals surface area contributed by atoms with Gasteiger partial charge in [-0.05, 0) is 51.4 Å². The molecule has 3 heteroatoms. The summed E-state index contributed by atoms with van der Waals surface area (Å²) in [6.07, 6.45) is 3.97. The van der Waals surface area contributed by atoms with Crippen LogP contribution in [-0.4, -0.2) is 24.5 Å². The first kappa shape index (κ1) is 13.1. The van der Waals surface area contributed by atoms with Crippen molar-refractivity contribution in [2.24, 2.45) is 0 Å². The molecule has 17 heavy (non-hydrogen) atoms. The molecule has 1 aliphatic carbocycles. The number of hydrogen-bond donors (Lipinski definition) is 1. The summed E-state index contributed by atoms with van der Waals surface area (Å²) in [7, 11) is 2.21. The van der Waals surface area contributed by atoms with Gasteiger partial charge in [-0.25, -0.2) is 0 Å². The Kier molecular flexibility index (Phi) is 4.60. The van der Waals surface area contributed by atoms with Crippen LogP contribution < -0.4 is 5.32 Å². The van der Waals surface area contributed by atoms with E-state index >= 15 is 0 Å². The Morgan fingerprint density at radius 3 is 2.88 bits per heavy atom. The molecule has 96 valence electrons. The summed E-state index contributed by atoms with van der Waals surface area (Å²) < 4.78 is 0. The molecule has 0 atom stereocenters. The average molecular weight is 252 g/mol. The Hall–Kier alpha value is -0.380. The summed E-state index contributed by atoms with van der Waals surface area (Å²) in [5, 5.41) is 3.59. The maximum absolute atomic E-state index is 3.59. The molecule has 1 fully saturated rings. The molecule has 0 spiro atoms. The van der Waals surface area contributed by atoms with Gasteiger partial charge >= 0.3 is 0 Å². The van der Waals surface area contributed by atoms with E-state index in [0.29, 0.717) is 0 Å². The zero-order chi connectivity index (χ0) is 12.3. The SMILES string of the molecule is CCCN(C)Cc1cc(CNC2CC2)sc1C. The van der Waals surface area contributed by atoms with Gasteiger partial charge in [0.1, 0.15) is 0 Å². The van der Waals surface area contributed by atoms with E-state index in [1.54, 1.807) is 0 Å². The predicted molar refractivity (Wildman–Crippen MR) is 75.5 cm³/mol. The van der Waals surface area contributed by atoms with Gasteiger partial charge < -0.3 is 10.2 Å². The highest BCUT2D eigenvalue weighted by Crippen LogP contribution is 2.25. The van der Waals surface area contributed by atoms with Gasteiger partial charge in [-0.15, -0.1) is 11.3 Å². The smallest absolute Gasteiger partial charge is 0.0302 e. The molecule has 1 heterocycles. The third-order valence-electron chi connectivity index (χ3n) is 3.26. The first-order chi connectivity index (χ1) is 8.19. The van der Waals surface area contributed by atoms with Crippen LogP contribution in [0.15, 0.2) is 6.07 Å². The van der Waals surface area contributed by atoms with E-state index in [9.17, 15) is 0 Å². The highest BCUT2D eigenvalue weighted by atomic mass is 32.1. The van der Waals surface area contributed by atoms with Gasteiger partial charge in [0.15, 0.2) is 0 Å². The fraction of sp³-hybridized carbons (Fsp3) is 0.714. The maximum atomic E-state index is 3.59. The minimum absolute atomic E-state index is 0.809. The van der Waals surface area contributed by atoms with E-state index in [-0.39, 0.29) is 0 Å². The molecule has 0 bridgehead atoms. The van der Waals surface area contributed by atoms with Crippen LogP contribution in [0.1, 0.15) is 41.5 Å². The number of aryl methyl sites for hydroxylation is 1. The quantitative estimate of drug-likeness (QED) is 0.802. The Labute approximate surface area is 109 Å².